The fraction of sp³-hybridized carbons (Fsp3) is 0.600. The second-order valence-corrected chi connectivity index (χ2v) is 4.57. The minimum atomic E-state index is -0.428. The van der Waals surface area contributed by atoms with E-state index in [9.17, 15) is 5.11 Å². The van der Waals surface area contributed by atoms with Crippen LogP contribution in [-0.2, 0) is 11.2 Å². The van der Waals surface area contributed by atoms with Gasteiger partial charge in [0.15, 0.2) is 0 Å². The summed E-state index contributed by atoms with van der Waals surface area (Å²) in [6.45, 7) is 7.07. The van der Waals surface area contributed by atoms with Crippen LogP contribution in [-0.4, -0.2) is 43.4 Å². The third-order valence-electron chi connectivity index (χ3n) is 3.08. The van der Waals surface area contributed by atoms with Gasteiger partial charge in [0.05, 0.1) is 12.7 Å². The van der Waals surface area contributed by atoms with Crippen LogP contribution in [0.5, 0.6) is 0 Å². The van der Waals surface area contributed by atoms with Crippen LogP contribution in [0.25, 0.3) is 0 Å². The molecule has 0 saturated heterocycles. The smallest absolute Gasteiger partial charge is 0.0916 e. The number of likely N-dealkylation sites (N-methyl/N-ethyl adjacent to an activating group) is 1. The van der Waals surface area contributed by atoms with Crippen LogP contribution in [0.3, 0.4) is 0 Å². The van der Waals surface area contributed by atoms with Crippen molar-refractivity contribution in [3.8, 4) is 0 Å². The number of aryl methyl sites for hydroxylation is 1. The van der Waals surface area contributed by atoms with Gasteiger partial charge in [-0.05, 0) is 31.5 Å². The van der Waals surface area contributed by atoms with E-state index in [1.807, 2.05) is 26.1 Å². The van der Waals surface area contributed by atoms with Crippen molar-refractivity contribution >= 4 is 0 Å². The average Bonchev–Trinajstić information content (AvgIpc) is 2.39. The van der Waals surface area contributed by atoms with Crippen molar-refractivity contribution in [2.45, 2.75) is 26.4 Å². The molecular formula is C15H25NO2. The van der Waals surface area contributed by atoms with Crippen LogP contribution in [0.1, 0.15) is 31.1 Å². The Morgan fingerprint density at radius 2 is 1.89 bits per heavy atom. The highest BCUT2D eigenvalue weighted by Gasteiger charge is 2.10. The van der Waals surface area contributed by atoms with Crippen LogP contribution in [0.15, 0.2) is 24.3 Å². The zero-order valence-corrected chi connectivity index (χ0v) is 11.7. The maximum atomic E-state index is 10.1. The molecule has 18 heavy (non-hydrogen) atoms. The molecule has 102 valence electrons. The van der Waals surface area contributed by atoms with E-state index in [-0.39, 0.29) is 0 Å². The molecule has 0 aliphatic heterocycles. The predicted molar refractivity (Wildman–Crippen MR) is 74.8 cm³/mol. The fourth-order valence-corrected chi connectivity index (χ4v) is 1.83. The highest BCUT2D eigenvalue weighted by molar-refractivity contribution is 5.24. The number of benzene rings is 1. The summed E-state index contributed by atoms with van der Waals surface area (Å²) in [6.07, 6.45) is 0.604. The van der Waals surface area contributed by atoms with Gasteiger partial charge in [-0.15, -0.1) is 0 Å². The molecule has 1 aromatic rings. The summed E-state index contributed by atoms with van der Waals surface area (Å²) in [5, 5.41) is 10.1. The molecule has 0 heterocycles. The molecule has 0 radical (unpaired) electrons. The number of hydrogen-bond donors (Lipinski definition) is 1. The molecule has 0 saturated carbocycles. The van der Waals surface area contributed by atoms with Gasteiger partial charge in [-0.2, -0.15) is 0 Å². The van der Waals surface area contributed by atoms with Gasteiger partial charge in [-0.1, -0.05) is 31.2 Å². The third kappa shape index (κ3) is 5.17. The molecule has 0 aromatic heterocycles. The van der Waals surface area contributed by atoms with E-state index >= 15 is 0 Å². The van der Waals surface area contributed by atoms with Crippen LogP contribution in [0.2, 0.25) is 0 Å². The lowest BCUT2D eigenvalue weighted by Crippen LogP contribution is -2.28. The normalized spacial score (nSPS) is 12.9. The van der Waals surface area contributed by atoms with Crippen LogP contribution < -0.4 is 0 Å². The number of ether oxygens (including phenoxy) is 1. The molecule has 1 aromatic carbocycles. The summed E-state index contributed by atoms with van der Waals surface area (Å²) in [5.41, 5.74) is 2.28. The zero-order chi connectivity index (χ0) is 13.4. The van der Waals surface area contributed by atoms with Crippen molar-refractivity contribution in [3.63, 3.8) is 0 Å². The second kappa shape index (κ2) is 8.25. The fourth-order valence-electron chi connectivity index (χ4n) is 1.83. The lowest BCUT2D eigenvalue weighted by Gasteiger charge is -2.20. The molecule has 0 bridgehead atoms. The number of aliphatic hydroxyl groups is 1. The van der Waals surface area contributed by atoms with Crippen molar-refractivity contribution < 1.29 is 9.84 Å². The molecule has 0 spiro atoms. The van der Waals surface area contributed by atoms with Gasteiger partial charge in [0.2, 0.25) is 0 Å². The van der Waals surface area contributed by atoms with Gasteiger partial charge in [-0.25, -0.2) is 0 Å². The van der Waals surface area contributed by atoms with Gasteiger partial charge in [-0.3, -0.25) is 0 Å². The number of aliphatic hydroxyl groups excluding tert-OH is 1. The van der Waals surface area contributed by atoms with E-state index < -0.39 is 6.10 Å². The standard InChI is InChI=1S/C15H25NO2/c1-4-13-6-8-14(9-7-13)15(17)12-16(3)10-11-18-5-2/h6-9,15,17H,4-5,10-12H2,1-3H3. The largest absolute Gasteiger partial charge is 0.387 e. The van der Waals surface area contributed by atoms with Crippen molar-refractivity contribution in [2.24, 2.45) is 0 Å². The monoisotopic (exact) mass is 251 g/mol. The molecule has 0 aliphatic rings. The molecule has 3 nitrogen and oxygen atoms in total. The molecule has 3 heteroatoms. The van der Waals surface area contributed by atoms with Crippen LogP contribution >= 0.6 is 0 Å². The van der Waals surface area contributed by atoms with E-state index in [4.69, 9.17) is 4.74 Å². The summed E-state index contributed by atoms with van der Waals surface area (Å²) in [4.78, 5) is 2.09. The first-order valence-corrected chi connectivity index (χ1v) is 6.70. The molecule has 1 N–H and O–H groups in total. The highest BCUT2D eigenvalue weighted by atomic mass is 16.5. The van der Waals surface area contributed by atoms with Gasteiger partial charge in [0.1, 0.15) is 0 Å². The van der Waals surface area contributed by atoms with Gasteiger partial charge in [0.25, 0.3) is 0 Å². The van der Waals surface area contributed by atoms with Gasteiger partial charge >= 0.3 is 0 Å². The minimum absolute atomic E-state index is 0.428. The Balaban J connectivity index is 2.40. The molecule has 0 amide bonds. The van der Waals surface area contributed by atoms with Crippen molar-refractivity contribution in [1.82, 2.24) is 4.90 Å². The topological polar surface area (TPSA) is 32.7 Å². The van der Waals surface area contributed by atoms with Crippen molar-refractivity contribution in [2.75, 3.05) is 33.4 Å². The Morgan fingerprint density at radius 3 is 2.44 bits per heavy atom. The predicted octanol–water partition coefficient (Wildman–Crippen LogP) is 2.25. The first-order valence-electron chi connectivity index (χ1n) is 6.70. The van der Waals surface area contributed by atoms with Crippen LogP contribution in [0.4, 0.5) is 0 Å². The van der Waals surface area contributed by atoms with Crippen molar-refractivity contribution in [3.05, 3.63) is 35.4 Å². The summed E-state index contributed by atoms with van der Waals surface area (Å²) in [5.74, 6) is 0. The summed E-state index contributed by atoms with van der Waals surface area (Å²) in [7, 11) is 2.00. The van der Waals surface area contributed by atoms with E-state index in [2.05, 4.69) is 24.0 Å². The zero-order valence-electron chi connectivity index (χ0n) is 11.7. The maximum Gasteiger partial charge on any atom is 0.0916 e. The molecule has 0 aliphatic carbocycles. The lowest BCUT2D eigenvalue weighted by molar-refractivity contribution is 0.0891. The highest BCUT2D eigenvalue weighted by Crippen LogP contribution is 2.15. The van der Waals surface area contributed by atoms with E-state index in [1.54, 1.807) is 0 Å². The van der Waals surface area contributed by atoms with E-state index in [1.165, 1.54) is 5.56 Å². The van der Waals surface area contributed by atoms with E-state index in [0.717, 1.165) is 25.1 Å². The quantitative estimate of drug-likeness (QED) is 0.719. The second-order valence-electron chi connectivity index (χ2n) is 4.57. The van der Waals surface area contributed by atoms with Gasteiger partial charge in [0, 0.05) is 19.7 Å². The summed E-state index contributed by atoms with van der Waals surface area (Å²) < 4.78 is 5.30. The first kappa shape index (κ1) is 15.2. The summed E-state index contributed by atoms with van der Waals surface area (Å²) in [6, 6.07) is 8.19. The summed E-state index contributed by atoms with van der Waals surface area (Å²) >= 11 is 0. The Bertz CT molecular complexity index is 324. The lowest BCUT2D eigenvalue weighted by atomic mass is 10.1. The van der Waals surface area contributed by atoms with E-state index in [0.29, 0.717) is 13.2 Å². The first-order chi connectivity index (χ1) is 8.67. The molecule has 1 rings (SSSR count). The molecule has 1 unspecified atom stereocenters. The Labute approximate surface area is 110 Å². The minimum Gasteiger partial charge on any atom is -0.387 e. The average molecular weight is 251 g/mol. The van der Waals surface area contributed by atoms with Gasteiger partial charge < -0.3 is 14.7 Å². The molecule has 0 fully saturated rings. The number of rotatable bonds is 8. The number of hydrogen-bond acceptors (Lipinski definition) is 3. The third-order valence-corrected chi connectivity index (χ3v) is 3.08. The molecular weight excluding hydrogens is 226 g/mol. The number of nitrogens with zero attached hydrogens (tertiary/aromatic N) is 1. The SMILES string of the molecule is CCOCCN(C)CC(O)c1ccc(CC)cc1. The Morgan fingerprint density at radius 1 is 1.22 bits per heavy atom. The maximum absolute atomic E-state index is 10.1. The Hall–Kier alpha value is -0.900. The Kier molecular flexibility index (Phi) is 6.94. The molecule has 1 atom stereocenters. The van der Waals surface area contributed by atoms with Crippen molar-refractivity contribution in [1.29, 1.82) is 0 Å². The van der Waals surface area contributed by atoms with Crippen LogP contribution in [0, 0.1) is 0 Å².